The number of rotatable bonds is 5. The molecule has 0 unspecified atom stereocenters. The summed E-state index contributed by atoms with van der Waals surface area (Å²) in [5, 5.41) is 0.939. The molecule has 2 aromatic rings. The maximum Gasteiger partial charge on any atom is 0.123 e. The zero-order valence-corrected chi connectivity index (χ0v) is 10.3. The van der Waals surface area contributed by atoms with Gasteiger partial charge in [-0.15, -0.1) is 0 Å². The molecule has 0 radical (unpaired) electrons. The second-order valence-electron chi connectivity index (χ2n) is 4.68. The summed E-state index contributed by atoms with van der Waals surface area (Å²) in [5.41, 5.74) is 1.06. The van der Waals surface area contributed by atoms with Crippen molar-refractivity contribution in [1.29, 1.82) is 0 Å². The first-order valence-corrected chi connectivity index (χ1v) is 5.99. The fourth-order valence-electron chi connectivity index (χ4n) is 1.85. The summed E-state index contributed by atoms with van der Waals surface area (Å²) in [6.45, 7) is 6.55. The molecule has 2 nitrogen and oxygen atoms in total. The topological polar surface area (TPSA) is 14.2 Å². The smallest absolute Gasteiger partial charge is 0.123 e. The molecule has 2 rings (SSSR count). The second-order valence-corrected chi connectivity index (χ2v) is 4.68. The van der Waals surface area contributed by atoms with Crippen LogP contribution in [0.2, 0.25) is 0 Å². The van der Waals surface area contributed by atoms with Crippen LogP contribution in [0.1, 0.15) is 13.8 Å². The van der Waals surface area contributed by atoms with Crippen LogP contribution < -0.4 is 0 Å². The van der Waals surface area contributed by atoms with Gasteiger partial charge in [-0.3, -0.25) is 0 Å². The van der Waals surface area contributed by atoms with Gasteiger partial charge in [0.15, 0.2) is 0 Å². The van der Waals surface area contributed by atoms with Crippen LogP contribution in [0, 0.1) is 11.7 Å². The Balaban J connectivity index is 1.99. The van der Waals surface area contributed by atoms with Crippen molar-refractivity contribution in [3.05, 3.63) is 36.3 Å². The molecular formula is C14H18FNO. The average Bonchev–Trinajstić information content (AvgIpc) is 2.66. The van der Waals surface area contributed by atoms with Gasteiger partial charge in [0.1, 0.15) is 5.82 Å². The molecule has 0 bridgehead atoms. The van der Waals surface area contributed by atoms with E-state index in [-0.39, 0.29) is 5.82 Å². The van der Waals surface area contributed by atoms with Gasteiger partial charge in [0.05, 0.1) is 6.61 Å². The first-order valence-electron chi connectivity index (χ1n) is 5.99. The molecule has 0 atom stereocenters. The summed E-state index contributed by atoms with van der Waals surface area (Å²) in [4.78, 5) is 0. The molecule has 0 aliphatic rings. The molecule has 0 N–H and O–H groups in total. The van der Waals surface area contributed by atoms with Crippen LogP contribution in [0.25, 0.3) is 10.9 Å². The van der Waals surface area contributed by atoms with Crippen LogP contribution in [-0.4, -0.2) is 17.8 Å². The average molecular weight is 235 g/mol. The van der Waals surface area contributed by atoms with Crippen molar-refractivity contribution in [2.75, 3.05) is 13.2 Å². The van der Waals surface area contributed by atoms with Gasteiger partial charge in [-0.05, 0) is 30.2 Å². The van der Waals surface area contributed by atoms with Gasteiger partial charge in [0.2, 0.25) is 0 Å². The minimum Gasteiger partial charge on any atom is -0.379 e. The third-order valence-corrected chi connectivity index (χ3v) is 2.66. The van der Waals surface area contributed by atoms with Gasteiger partial charge >= 0.3 is 0 Å². The Morgan fingerprint density at radius 3 is 2.88 bits per heavy atom. The predicted octanol–water partition coefficient (Wildman–Crippen LogP) is 3.45. The molecule has 0 aliphatic carbocycles. The van der Waals surface area contributed by atoms with E-state index >= 15 is 0 Å². The number of ether oxygens (including phenoxy) is 1. The van der Waals surface area contributed by atoms with Crippen molar-refractivity contribution < 1.29 is 9.13 Å². The zero-order chi connectivity index (χ0) is 12.3. The standard InChI is InChI=1S/C14H18FNO/c1-11(2)10-17-8-7-16-6-5-12-9-13(15)3-4-14(12)16/h3-6,9,11H,7-8,10H2,1-2H3. The molecule has 0 fully saturated rings. The molecular weight excluding hydrogens is 217 g/mol. The van der Waals surface area contributed by atoms with Crippen molar-refractivity contribution in [1.82, 2.24) is 4.57 Å². The van der Waals surface area contributed by atoms with Crippen LogP contribution in [0.4, 0.5) is 4.39 Å². The lowest BCUT2D eigenvalue weighted by molar-refractivity contribution is 0.104. The molecule has 1 aromatic heterocycles. The maximum absolute atomic E-state index is 13.0. The SMILES string of the molecule is CC(C)COCCn1ccc2cc(F)ccc21. The molecule has 92 valence electrons. The lowest BCUT2D eigenvalue weighted by Gasteiger charge is -2.08. The third kappa shape index (κ3) is 3.07. The fourth-order valence-corrected chi connectivity index (χ4v) is 1.85. The highest BCUT2D eigenvalue weighted by atomic mass is 19.1. The minimum absolute atomic E-state index is 0.189. The maximum atomic E-state index is 13.0. The molecule has 0 aliphatic heterocycles. The first-order chi connectivity index (χ1) is 8.16. The molecule has 17 heavy (non-hydrogen) atoms. The van der Waals surface area contributed by atoms with Gasteiger partial charge in [-0.25, -0.2) is 4.39 Å². The van der Waals surface area contributed by atoms with E-state index < -0.39 is 0 Å². The fraction of sp³-hybridized carbons (Fsp3) is 0.429. The lowest BCUT2D eigenvalue weighted by atomic mass is 10.2. The van der Waals surface area contributed by atoms with Crippen LogP contribution in [0.3, 0.4) is 0 Å². The van der Waals surface area contributed by atoms with Gasteiger partial charge in [-0.1, -0.05) is 13.8 Å². The molecule has 3 heteroatoms. The number of aromatic nitrogens is 1. The van der Waals surface area contributed by atoms with E-state index in [1.807, 2.05) is 18.3 Å². The molecule has 0 saturated heterocycles. The first kappa shape index (κ1) is 12.1. The van der Waals surface area contributed by atoms with E-state index in [1.54, 1.807) is 6.07 Å². The summed E-state index contributed by atoms with van der Waals surface area (Å²) in [6.07, 6.45) is 1.98. The lowest BCUT2D eigenvalue weighted by Crippen LogP contribution is -2.08. The molecule has 1 heterocycles. The summed E-state index contributed by atoms with van der Waals surface area (Å²) in [7, 11) is 0. The molecule has 0 spiro atoms. The normalized spacial score (nSPS) is 11.5. The Bertz CT molecular complexity index is 490. The number of nitrogens with zero attached hydrogens (tertiary/aromatic N) is 1. The van der Waals surface area contributed by atoms with Gasteiger partial charge in [0, 0.05) is 30.3 Å². The second kappa shape index (κ2) is 5.32. The number of benzene rings is 1. The van der Waals surface area contributed by atoms with Crippen molar-refractivity contribution in [3.8, 4) is 0 Å². The van der Waals surface area contributed by atoms with Gasteiger partial charge in [0.25, 0.3) is 0 Å². The molecule has 0 saturated carbocycles. The predicted molar refractivity (Wildman–Crippen MR) is 67.6 cm³/mol. The van der Waals surface area contributed by atoms with E-state index in [0.29, 0.717) is 12.5 Å². The van der Waals surface area contributed by atoms with E-state index in [9.17, 15) is 4.39 Å². The van der Waals surface area contributed by atoms with Gasteiger partial charge < -0.3 is 9.30 Å². The summed E-state index contributed by atoms with van der Waals surface area (Å²) in [5.74, 6) is 0.372. The highest BCUT2D eigenvalue weighted by Gasteiger charge is 2.02. The van der Waals surface area contributed by atoms with Crippen molar-refractivity contribution in [2.45, 2.75) is 20.4 Å². The van der Waals surface area contributed by atoms with Gasteiger partial charge in [-0.2, -0.15) is 0 Å². The number of fused-ring (bicyclic) bond motifs is 1. The minimum atomic E-state index is -0.189. The van der Waals surface area contributed by atoms with Crippen LogP contribution >= 0.6 is 0 Å². The van der Waals surface area contributed by atoms with Crippen molar-refractivity contribution in [3.63, 3.8) is 0 Å². The Morgan fingerprint density at radius 2 is 2.12 bits per heavy atom. The van der Waals surface area contributed by atoms with Crippen LogP contribution in [0.15, 0.2) is 30.5 Å². The quantitative estimate of drug-likeness (QED) is 0.724. The highest BCUT2D eigenvalue weighted by molar-refractivity contribution is 5.80. The van der Waals surface area contributed by atoms with Crippen LogP contribution in [0.5, 0.6) is 0 Å². The Hall–Kier alpha value is -1.35. The van der Waals surface area contributed by atoms with Crippen molar-refractivity contribution >= 4 is 10.9 Å². The van der Waals surface area contributed by atoms with Crippen molar-refractivity contribution in [2.24, 2.45) is 5.92 Å². The summed E-state index contributed by atoms with van der Waals surface area (Å²) >= 11 is 0. The molecule has 1 aromatic carbocycles. The highest BCUT2D eigenvalue weighted by Crippen LogP contribution is 2.16. The summed E-state index contributed by atoms with van der Waals surface area (Å²) < 4.78 is 20.6. The third-order valence-electron chi connectivity index (χ3n) is 2.66. The Labute approximate surface area is 101 Å². The monoisotopic (exact) mass is 235 g/mol. The molecule has 0 amide bonds. The largest absolute Gasteiger partial charge is 0.379 e. The Kier molecular flexibility index (Phi) is 3.79. The Morgan fingerprint density at radius 1 is 1.29 bits per heavy atom. The summed E-state index contributed by atoms with van der Waals surface area (Å²) in [6, 6.07) is 6.79. The number of halogens is 1. The van der Waals surface area contributed by atoms with E-state index in [1.165, 1.54) is 6.07 Å². The number of hydrogen-bond acceptors (Lipinski definition) is 1. The van der Waals surface area contributed by atoms with E-state index in [0.717, 1.165) is 24.1 Å². The number of hydrogen-bond donors (Lipinski definition) is 0. The zero-order valence-electron chi connectivity index (χ0n) is 10.3. The van der Waals surface area contributed by atoms with E-state index in [2.05, 4.69) is 18.4 Å². The van der Waals surface area contributed by atoms with E-state index in [4.69, 9.17) is 4.74 Å². The van der Waals surface area contributed by atoms with Crippen LogP contribution in [-0.2, 0) is 11.3 Å².